The molecule has 3 heterocycles. The van der Waals surface area contributed by atoms with Crippen LogP contribution in [0, 0.1) is 12.7 Å². The van der Waals surface area contributed by atoms with Gasteiger partial charge < -0.3 is 20.1 Å². The number of likely N-dealkylation sites (N-methyl/N-ethyl adjacent to an activating group) is 1. The Hall–Kier alpha value is -3.26. The van der Waals surface area contributed by atoms with Crippen molar-refractivity contribution in [3.05, 3.63) is 52.1 Å². The zero-order chi connectivity index (χ0) is 23.0. The normalized spacial score (nSPS) is 17.6. The van der Waals surface area contributed by atoms with Crippen molar-refractivity contribution in [2.75, 3.05) is 38.5 Å². The zero-order valence-electron chi connectivity index (χ0n) is 18.5. The number of aromatic nitrogens is 1. The molecule has 1 fully saturated rings. The molecule has 0 saturated carbocycles. The van der Waals surface area contributed by atoms with Crippen LogP contribution in [0.3, 0.4) is 0 Å². The lowest BCUT2D eigenvalue weighted by Gasteiger charge is -2.32. The van der Waals surface area contributed by atoms with Crippen molar-refractivity contribution in [2.24, 2.45) is 0 Å². The number of hydrogen-bond acceptors (Lipinski definition) is 4. The van der Waals surface area contributed by atoms with E-state index in [2.05, 4.69) is 15.2 Å². The number of halogens is 1. The molecule has 2 amide bonds. The number of nitrogens with one attached hydrogen (secondary N) is 2. The number of rotatable bonds is 5. The maximum absolute atomic E-state index is 13.8. The Morgan fingerprint density at radius 3 is 2.59 bits per heavy atom. The lowest BCUT2D eigenvalue weighted by Crippen LogP contribution is -2.47. The molecule has 2 aliphatic heterocycles. The lowest BCUT2D eigenvalue weighted by molar-refractivity contribution is -0.132. The standard InChI is InChI=1S/C24H27FN4O3/c1-14-23(15(2)30)17(5-7-22(31)29-10-8-28(3)9-11-29)21(26-14)13-19-18-12-16(25)4-6-20(18)27-24(19)32/h4,6,12-13,26H,5,7-11H2,1-3H3,(H,27,32)/b19-13-. The number of benzene rings is 1. The number of carbonyl (C=O) groups is 3. The van der Waals surface area contributed by atoms with Crippen molar-refractivity contribution in [1.82, 2.24) is 14.8 Å². The van der Waals surface area contributed by atoms with E-state index in [0.29, 0.717) is 58.8 Å². The molecular formula is C24H27FN4O3. The van der Waals surface area contributed by atoms with Gasteiger partial charge in [0.2, 0.25) is 5.91 Å². The molecular weight excluding hydrogens is 411 g/mol. The molecule has 2 aromatic rings. The average Bonchev–Trinajstić information content (AvgIpc) is 3.22. The fourth-order valence-corrected chi connectivity index (χ4v) is 4.45. The van der Waals surface area contributed by atoms with Gasteiger partial charge in [-0.2, -0.15) is 0 Å². The molecule has 1 aromatic carbocycles. The number of carbonyl (C=O) groups excluding carboxylic acids is 3. The molecule has 0 unspecified atom stereocenters. The predicted molar refractivity (Wildman–Crippen MR) is 121 cm³/mol. The highest BCUT2D eigenvalue weighted by molar-refractivity contribution is 6.34. The van der Waals surface area contributed by atoms with Gasteiger partial charge in [-0.05, 0) is 57.2 Å². The monoisotopic (exact) mass is 438 g/mol. The Morgan fingerprint density at radius 2 is 1.91 bits per heavy atom. The molecule has 1 aromatic heterocycles. The number of ketones is 1. The Bertz CT molecular complexity index is 1130. The fraction of sp³-hybridized carbons (Fsp3) is 0.375. The van der Waals surface area contributed by atoms with Crippen molar-refractivity contribution in [2.45, 2.75) is 26.7 Å². The second kappa shape index (κ2) is 8.70. The predicted octanol–water partition coefficient (Wildman–Crippen LogP) is 2.86. The molecule has 4 rings (SSSR count). The summed E-state index contributed by atoms with van der Waals surface area (Å²) in [6.07, 6.45) is 2.30. The number of fused-ring (bicyclic) bond motifs is 1. The van der Waals surface area contributed by atoms with Gasteiger partial charge in [0.15, 0.2) is 5.78 Å². The molecule has 1 saturated heterocycles. The smallest absolute Gasteiger partial charge is 0.256 e. The minimum atomic E-state index is -0.434. The number of hydrogen-bond donors (Lipinski definition) is 2. The minimum Gasteiger partial charge on any atom is -0.358 e. The summed E-state index contributed by atoms with van der Waals surface area (Å²) < 4.78 is 13.8. The summed E-state index contributed by atoms with van der Waals surface area (Å²) in [7, 11) is 2.03. The summed E-state index contributed by atoms with van der Waals surface area (Å²) in [5, 5.41) is 2.74. The summed E-state index contributed by atoms with van der Waals surface area (Å²) in [4.78, 5) is 44.9. The highest BCUT2D eigenvalue weighted by Gasteiger charge is 2.27. The van der Waals surface area contributed by atoms with E-state index in [-0.39, 0.29) is 24.0 Å². The molecule has 7 nitrogen and oxygen atoms in total. The molecule has 0 atom stereocenters. The van der Waals surface area contributed by atoms with Crippen LogP contribution < -0.4 is 5.32 Å². The van der Waals surface area contributed by atoms with Crippen molar-refractivity contribution in [3.8, 4) is 0 Å². The van der Waals surface area contributed by atoms with E-state index in [9.17, 15) is 18.8 Å². The summed E-state index contributed by atoms with van der Waals surface area (Å²) in [6, 6.07) is 4.14. The van der Waals surface area contributed by atoms with Gasteiger partial charge in [-0.15, -0.1) is 0 Å². The Kier molecular flexibility index (Phi) is 5.97. The van der Waals surface area contributed by atoms with Crippen LogP contribution in [0.15, 0.2) is 18.2 Å². The summed E-state index contributed by atoms with van der Waals surface area (Å²) in [5.41, 5.74) is 3.88. The largest absolute Gasteiger partial charge is 0.358 e. The quantitative estimate of drug-likeness (QED) is 0.555. The number of nitrogens with zero attached hydrogens (tertiary/aromatic N) is 2. The second-order valence-corrected chi connectivity index (χ2v) is 8.46. The Labute approximate surface area is 186 Å². The van der Waals surface area contributed by atoms with E-state index in [4.69, 9.17) is 0 Å². The first-order valence-corrected chi connectivity index (χ1v) is 10.8. The van der Waals surface area contributed by atoms with Crippen LogP contribution in [0.4, 0.5) is 10.1 Å². The van der Waals surface area contributed by atoms with E-state index in [1.807, 2.05) is 11.9 Å². The third kappa shape index (κ3) is 4.23. The van der Waals surface area contributed by atoms with Crippen molar-refractivity contribution in [1.29, 1.82) is 0 Å². The van der Waals surface area contributed by atoms with Crippen molar-refractivity contribution in [3.63, 3.8) is 0 Å². The summed E-state index contributed by atoms with van der Waals surface area (Å²) in [6.45, 7) is 6.37. The SMILES string of the molecule is CC(=O)c1c(C)[nH]c(/C=C2\C(=O)Nc3ccc(F)cc32)c1CCC(=O)N1CCN(C)CC1. The van der Waals surface area contributed by atoms with Gasteiger partial charge in [-0.1, -0.05) is 0 Å². The minimum absolute atomic E-state index is 0.0519. The van der Waals surface area contributed by atoms with Gasteiger partial charge in [0.1, 0.15) is 5.82 Å². The molecule has 0 spiro atoms. The molecule has 168 valence electrons. The van der Waals surface area contributed by atoms with Gasteiger partial charge in [-0.3, -0.25) is 14.4 Å². The molecule has 0 radical (unpaired) electrons. The lowest BCUT2D eigenvalue weighted by atomic mass is 9.98. The van der Waals surface area contributed by atoms with E-state index in [1.54, 1.807) is 13.0 Å². The number of H-pyrrole nitrogens is 1. The van der Waals surface area contributed by atoms with Crippen LogP contribution in [-0.2, 0) is 16.0 Å². The van der Waals surface area contributed by atoms with Gasteiger partial charge >= 0.3 is 0 Å². The fourth-order valence-electron chi connectivity index (χ4n) is 4.45. The number of anilines is 1. The zero-order valence-corrected chi connectivity index (χ0v) is 18.5. The molecule has 0 aliphatic carbocycles. The maximum atomic E-state index is 13.8. The number of amides is 2. The first-order chi connectivity index (χ1) is 15.2. The number of Topliss-reactive ketones (excluding diaryl/α,β-unsaturated/α-hetero) is 1. The Balaban J connectivity index is 1.64. The van der Waals surface area contributed by atoms with Crippen LogP contribution in [-0.4, -0.2) is 65.6 Å². The average molecular weight is 439 g/mol. The summed E-state index contributed by atoms with van der Waals surface area (Å²) in [5.74, 6) is -0.818. The van der Waals surface area contributed by atoms with Gasteiger partial charge in [0.25, 0.3) is 5.91 Å². The molecule has 0 bridgehead atoms. The Morgan fingerprint density at radius 1 is 1.19 bits per heavy atom. The van der Waals surface area contributed by atoms with E-state index in [0.717, 1.165) is 13.1 Å². The third-order valence-corrected chi connectivity index (χ3v) is 6.17. The van der Waals surface area contributed by atoms with Crippen LogP contribution >= 0.6 is 0 Å². The molecule has 2 N–H and O–H groups in total. The highest BCUT2D eigenvalue weighted by atomic mass is 19.1. The van der Waals surface area contributed by atoms with E-state index >= 15 is 0 Å². The van der Waals surface area contributed by atoms with Gasteiger partial charge in [-0.25, -0.2) is 4.39 Å². The topological polar surface area (TPSA) is 85.5 Å². The third-order valence-electron chi connectivity index (χ3n) is 6.17. The maximum Gasteiger partial charge on any atom is 0.256 e. The van der Waals surface area contributed by atoms with Gasteiger partial charge in [0, 0.05) is 60.8 Å². The molecule has 8 heteroatoms. The molecule has 32 heavy (non-hydrogen) atoms. The van der Waals surface area contributed by atoms with Crippen LogP contribution in [0.25, 0.3) is 11.6 Å². The van der Waals surface area contributed by atoms with Crippen molar-refractivity contribution >= 4 is 34.9 Å². The van der Waals surface area contributed by atoms with Crippen LogP contribution in [0.5, 0.6) is 0 Å². The first kappa shape index (κ1) is 22.0. The first-order valence-electron chi connectivity index (χ1n) is 10.8. The number of piperazine rings is 1. The van der Waals surface area contributed by atoms with E-state index in [1.165, 1.54) is 25.1 Å². The highest BCUT2D eigenvalue weighted by Crippen LogP contribution is 2.35. The number of aromatic amines is 1. The van der Waals surface area contributed by atoms with Gasteiger partial charge in [0.05, 0.1) is 5.57 Å². The van der Waals surface area contributed by atoms with E-state index < -0.39 is 5.82 Å². The number of aryl methyl sites for hydroxylation is 1. The van der Waals surface area contributed by atoms with Crippen LogP contribution in [0.2, 0.25) is 0 Å². The van der Waals surface area contributed by atoms with Crippen LogP contribution in [0.1, 0.15) is 46.2 Å². The second-order valence-electron chi connectivity index (χ2n) is 8.46. The molecule has 2 aliphatic rings. The van der Waals surface area contributed by atoms with Crippen molar-refractivity contribution < 1.29 is 18.8 Å². The summed E-state index contributed by atoms with van der Waals surface area (Å²) >= 11 is 0.